The van der Waals surface area contributed by atoms with E-state index >= 15 is 0 Å². The van der Waals surface area contributed by atoms with E-state index in [1.54, 1.807) is 6.08 Å². The van der Waals surface area contributed by atoms with Crippen molar-refractivity contribution in [3.8, 4) is 0 Å². The van der Waals surface area contributed by atoms with E-state index in [0.717, 1.165) is 38.5 Å². The summed E-state index contributed by atoms with van der Waals surface area (Å²) in [4.78, 5) is 13.1. The van der Waals surface area contributed by atoms with E-state index in [2.05, 4.69) is 19.2 Å². The number of carbonyl (C=O) groups excluding carboxylic acids is 1. The van der Waals surface area contributed by atoms with Gasteiger partial charge in [0.25, 0.3) is 0 Å². The summed E-state index contributed by atoms with van der Waals surface area (Å²) in [6.07, 6.45) is 21.3. The van der Waals surface area contributed by atoms with Crippen molar-refractivity contribution in [2.45, 2.75) is 274 Å². The second-order valence-corrected chi connectivity index (χ2v) is 18.3. The minimum Gasteiger partial charge on any atom is -0.394 e. The molecule has 0 aromatic rings. The first-order valence-electron chi connectivity index (χ1n) is 25.4. The molecule has 14 heteroatoms. The van der Waals surface area contributed by atoms with Gasteiger partial charge in [0.15, 0.2) is 12.6 Å². The van der Waals surface area contributed by atoms with Crippen LogP contribution in [0.4, 0.5) is 0 Å². The van der Waals surface area contributed by atoms with Crippen molar-refractivity contribution in [2.75, 3.05) is 19.8 Å². The van der Waals surface area contributed by atoms with Crippen molar-refractivity contribution in [1.82, 2.24) is 5.32 Å². The first-order valence-corrected chi connectivity index (χ1v) is 25.4. The fourth-order valence-corrected chi connectivity index (χ4v) is 8.53. The van der Waals surface area contributed by atoms with Crippen molar-refractivity contribution >= 4 is 5.91 Å². The summed E-state index contributed by atoms with van der Waals surface area (Å²) >= 11 is 0. The quantitative estimate of drug-likeness (QED) is 0.0241. The second-order valence-electron chi connectivity index (χ2n) is 18.3. The zero-order valence-corrected chi connectivity index (χ0v) is 39.3. The van der Waals surface area contributed by atoms with Crippen LogP contribution in [0.25, 0.3) is 0 Å². The highest BCUT2D eigenvalue weighted by Gasteiger charge is 2.51. The van der Waals surface area contributed by atoms with Crippen molar-refractivity contribution in [1.29, 1.82) is 0 Å². The lowest BCUT2D eigenvalue weighted by molar-refractivity contribution is -0.359. The summed E-state index contributed by atoms with van der Waals surface area (Å²) in [6.45, 7) is 2.75. The van der Waals surface area contributed by atoms with Crippen LogP contribution in [0.2, 0.25) is 0 Å². The van der Waals surface area contributed by atoms with Crippen molar-refractivity contribution in [3.63, 3.8) is 0 Å². The van der Waals surface area contributed by atoms with Crippen LogP contribution in [0.15, 0.2) is 12.2 Å². The van der Waals surface area contributed by atoms with Gasteiger partial charge in [0.1, 0.15) is 48.8 Å². The molecule has 0 aromatic heterocycles. The molecule has 2 saturated heterocycles. The molecule has 9 N–H and O–H groups in total. The summed E-state index contributed by atoms with van der Waals surface area (Å²) in [6, 6.07) is -0.906. The minimum atomic E-state index is -1.78. The van der Waals surface area contributed by atoms with E-state index in [9.17, 15) is 45.6 Å². The van der Waals surface area contributed by atoms with Gasteiger partial charge in [-0.15, -0.1) is 0 Å². The monoisotopic (exact) mass is 904 g/mol. The molecular weight excluding hydrogens is 811 g/mol. The summed E-state index contributed by atoms with van der Waals surface area (Å²) < 4.78 is 22.6. The van der Waals surface area contributed by atoms with Crippen molar-refractivity contribution in [3.05, 3.63) is 12.2 Å². The van der Waals surface area contributed by atoms with Gasteiger partial charge in [-0.1, -0.05) is 187 Å². The fraction of sp³-hybridized carbons (Fsp3) is 0.939. The zero-order chi connectivity index (χ0) is 46.1. The highest BCUT2D eigenvalue weighted by atomic mass is 16.7. The van der Waals surface area contributed by atoms with Crippen LogP contribution in [-0.4, -0.2) is 140 Å². The molecule has 12 unspecified atom stereocenters. The Morgan fingerprint density at radius 1 is 0.556 bits per heavy atom. The number of hydrogen-bond donors (Lipinski definition) is 9. The number of allylic oxidation sites excluding steroid dienone is 1. The maximum Gasteiger partial charge on any atom is 0.220 e. The molecule has 0 saturated carbocycles. The van der Waals surface area contributed by atoms with Crippen LogP contribution < -0.4 is 5.32 Å². The number of aliphatic hydroxyl groups excluding tert-OH is 8. The van der Waals surface area contributed by atoms with Crippen molar-refractivity contribution < 1.29 is 64.6 Å². The molecular formula is C49H93NO13. The average molecular weight is 904 g/mol. The highest BCUT2D eigenvalue weighted by Crippen LogP contribution is 2.30. The topological polar surface area (TPSA) is 228 Å². The first kappa shape index (κ1) is 57.9. The molecule has 0 radical (unpaired) electrons. The van der Waals surface area contributed by atoms with Crippen LogP contribution >= 0.6 is 0 Å². The van der Waals surface area contributed by atoms with Crippen LogP contribution in [0, 0.1) is 0 Å². The van der Waals surface area contributed by atoms with Crippen LogP contribution in [-0.2, 0) is 23.7 Å². The predicted octanol–water partition coefficient (Wildman–Crippen LogP) is 6.38. The first-order chi connectivity index (χ1) is 30.6. The molecule has 0 bridgehead atoms. The van der Waals surface area contributed by atoms with E-state index in [4.69, 9.17) is 18.9 Å². The lowest BCUT2D eigenvalue weighted by Gasteiger charge is -2.46. The summed E-state index contributed by atoms with van der Waals surface area (Å²) in [5.74, 6) is -0.243. The molecule has 2 rings (SSSR count). The van der Waals surface area contributed by atoms with E-state index in [1.807, 2.05) is 6.08 Å². The molecule has 2 aliphatic heterocycles. The van der Waals surface area contributed by atoms with E-state index in [0.29, 0.717) is 6.42 Å². The third-order valence-corrected chi connectivity index (χ3v) is 12.7. The lowest BCUT2D eigenvalue weighted by atomic mass is 9.97. The number of unbranched alkanes of at least 4 members (excludes halogenated alkanes) is 26. The number of aliphatic hydroxyl groups is 8. The number of amides is 1. The maximum absolute atomic E-state index is 13.1. The number of carbonyl (C=O) groups is 1. The number of ether oxygens (including phenoxy) is 4. The molecule has 2 heterocycles. The highest BCUT2D eigenvalue weighted by molar-refractivity contribution is 5.76. The Bertz CT molecular complexity index is 1120. The van der Waals surface area contributed by atoms with Gasteiger partial charge in [0, 0.05) is 6.42 Å². The van der Waals surface area contributed by atoms with Gasteiger partial charge in [-0.25, -0.2) is 0 Å². The summed E-state index contributed by atoms with van der Waals surface area (Å²) in [5, 5.41) is 86.5. The maximum atomic E-state index is 13.1. The van der Waals surface area contributed by atoms with Gasteiger partial charge < -0.3 is 65.1 Å². The Morgan fingerprint density at radius 2 is 0.984 bits per heavy atom. The Balaban J connectivity index is 1.79. The van der Waals surface area contributed by atoms with Gasteiger partial charge in [-0.3, -0.25) is 4.79 Å². The smallest absolute Gasteiger partial charge is 0.220 e. The van der Waals surface area contributed by atoms with Crippen LogP contribution in [0.3, 0.4) is 0 Å². The molecule has 0 aromatic carbocycles. The Labute approximate surface area is 380 Å². The average Bonchev–Trinajstić information content (AvgIpc) is 3.28. The van der Waals surface area contributed by atoms with Gasteiger partial charge in [0.2, 0.25) is 5.91 Å². The zero-order valence-electron chi connectivity index (χ0n) is 39.3. The summed E-state index contributed by atoms with van der Waals surface area (Å²) in [5.41, 5.74) is 0. The van der Waals surface area contributed by atoms with Gasteiger partial charge in [-0.2, -0.15) is 0 Å². The number of nitrogens with one attached hydrogen (secondary N) is 1. The molecule has 12 atom stereocenters. The molecule has 372 valence electrons. The molecule has 1 amide bonds. The van der Waals surface area contributed by atoms with Crippen molar-refractivity contribution in [2.24, 2.45) is 0 Å². The fourth-order valence-electron chi connectivity index (χ4n) is 8.53. The minimum absolute atomic E-state index is 0.243. The third kappa shape index (κ3) is 24.4. The molecule has 0 aliphatic carbocycles. The number of hydrogen-bond acceptors (Lipinski definition) is 13. The number of rotatable bonds is 39. The van der Waals surface area contributed by atoms with E-state index < -0.39 is 86.8 Å². The molecule has 63 heavy (non-hydrogen) atoms. The second kappa shape index (κ2) is 36.8. The van der Waals surface area contributed by atoms with Crippen LogP contribution in [0.1, 0.15) is 200 Å². The molecule has 2 fully saturated rings. The molecule has 2 aliphatic rings. The molecule has 14 nitrogen and oxygen atoms in total. The lowest BCUT2D eigenvalue weighted by Crippen LogP contribution is -2.65. The standard InChI is InChI=1S/C49H93NO13/c1-3-5-7-9-11-13-14-15-16-17-18-19-20-21-22-23-24-25-26-28-30-32-38(53)37(50-41(54)33-31-29-27-12-10-8-6-4-2)36-60-48-46(59)44(57)47(40(35-52)62-48)63-49-45(58)43(56)42(55)39(34-51)61-49/h30,32,37-40,42-49,51-53,55-59H,3-29,31,33-36H2,1-2H3,(H,50,54)/b32-30+. The third-order valence-electron chi connectivity index (χ3n) is 12.7. The normalized spacial score (nSPS) is 27.5. The van der Waals surface area contributed by atoms with Gasteiger partial charge >= 0.3 is 0 Å². The summed E-state index contributed by atoms with van der Waals surface area (Å²) in [7, 11) is 0. The SMILES string of the molecule is CCCCCCCCCCCCCCCCCCCCC/C=C/C(O)C(COC1OC(CO)C(OC2OC(CO)C(O)C(O)C2O)C(O)C1O)NC(=O)CCCCCCCCCC. The van der Waals surface area contributed by atoms with Crippen LogP contribution in [0.5, 0.6) is 0 Å². The van der Waals surface area contributed by atoms with E-state index in [-0.39, 0.29) is 18.9 Å². The Morgan fingerprint density at radius 3 is 1.46 bits per heavy atom. The molecule has 0 spiro atoms. The largest absolute Gasteiger partial charge is 0.394 e. The Kier molecular flexibility index (Phi) is 33.8. The Hall–Kier alpha value is -1.27. The van der Waals surface area contributed by atoms with Gasteiger partial charge in [-0.05, 0) is 19.3 Å². The predicted molar refractivity (Wildman–Crippen MR) is 245 cm³/mol. The van der Waals surface area contributed by atoms with E-state index in [1.165, 1.54) is 135 Å². The van der Waals surface area contributed by atoms with Gasteiger partial charge in [0.05, 0.1) is 32.0 Å².